The first-order valence-electron chi connectivity index (χ1n) is 9.02. The highest BCUT2D eigenvalue weighted by Gasteiger charge is 2.29. The number of thioether (sulfide) groups is 1. The standard InChI is InChI=1S/C21H23N7S/c1-12(13(2)22)17-18-19(29-20(17)24)21(28-11-27-18)26-10-14-4-6-15(7-5-14)16(23)8-9-25-3/h4-9,11,22,24H,10,23H2,1-3H3,(H,26,27,28)/b16-8?,17-12-,22-13?,24-20?,25-9?. The number of benzene rings is 1. The van der Waals surface area contributed by atoms with Gasteiger partial charge in [-0.2, -0.15) is 0 Å². The fraction of sp³-hybridized carbons (Fsp3) is 0.190. The first kappa shape index (κ1) is 20.5. The predicted molar refractivity (Wildman–Crippen MR) is 122 cm³/mol. The second-order valence-corrected chi connectivity index (χ2v) is 7.56. The van der Waals surface area contributed by atoms with Gasteiger partial charge in [0, 0.05) is 36.8 Å². The van der Waals surface area contributed by atoms with Crippen molar-refractivity contribution in [1.82, 2.24) is 9.97 Å². The predicted octanol–water partition coefficient (Wildman–Crippen LogP) is 3.99. The van der Waals surface area contributed by atoms with Crippen molar-refractivity contribution in [1.29, 1.82) is 10.8 Å². The van der Waals surface area contributed by atoms with Crippen LogP contribution in [0, 0.1) is 10.8 Å². The highest BCUT2D eigenvalue weighted by molar-refractivity contribution is 8.15. The number of rotatable bonds is 6. The fourth-order valence-electron chi connectivity index (χ4n) is 2.82. The van der Waals surface area contributed by atoms with E-state index in [0.29, 0.717) is 40.1 Å². The maximum atomic E-state index is 8.31. The van der Waals surface area contributed by atoms with E-state index in [0.717, 1.165) is 21.6 Å². The Morgan fingerprint density at radius 1 is 1.24 bits per heavy atom. The Morgan fingerprint density at radius 2 is 1.97 bits per heavy atom. The summed E-state index contributed by atoms with van der Waals surface area (Å²) in [4.78, 5) is 13.5. The molecule has 0 radical (unpaired) electrons. The average Bonchev–Trinajstić information content (AvgIpc) is 3.06. The van der Waals surface area contributed by atoms with Crippen LogP contribution in [0.25, 0.3) is 11.3 Å². The van der Waals surface area contributed by atoms with Gasteiger partial charge in [0.05, 0.1) is 10.6 Å². The van der Waals surface area contributed by atoms with Gasteiger partial charge in [0.25, 0.3) is 0 Å². The molecule has 0 fully saturated rings. The smallest absolute Gasteiger partial charge is 0.144 e. The zero-order chi connectivity index (χ0) is 21.0. The zero-order valence-electron chi connectivity index (χ0n) is 16.6. The van der Waals surface area contributed by atoms with Crippen molar-refractivity contribution in [3.05, 3.63) is 59.1 Å². The lowest BCUT2D eigenvalue weighted by molar-refractivity contribution is 1.03. The van der Waals surface area contributed by atoms with Crippen LogP contribution in [-0.4, -0.2) is 34.0 Å². The first-order valence-corrected chi connectivity index (χ1v) is 9.83. The molecular weight excluding hydrogens is 382 g/mol. The Hall–Kier alpha value is -3.26. The molecule has 0 bridgehead atoms. The first-order chi connectivity index (χ1) is 13.9. The third-order valence-corrected chi connectivity index (χ3v) is 5.56. The number of aliphatic imine (C=N–C) groups is 1. The summed E-state index contributed by atoms with van der Waals surface area (Å²) in [5.74, 6) is 0.692. The molecule has 0 spiro atoms. The van der Waals surface area contributed by atoms with Crippen LogP contribution in [0.2, 0.25) is 0 Å². The van der Waals surface area contributed by atoms with E-state index in [-0.39, 0.29) is 0 Å². The summed E-state index contributed by atoms with van der Waals surface area (Å²) < 4.78 is 0. The number of allylic oxidation sites excluding steroid dienone is 2. The molecule has 0 saturated carbocycles. The lowest BCUT2D eigenvalue weighted by Gasteiger charge is -2.10. The summed E-state index contributed by atoms with van der Waals surface area (Å²) in [5, 5.41) is 19.9. The normalized spacial score (nSPS) is 15.6. The van der Waals surface area contributed by atoms with Crippen LogP contribution in [0.15, 0.2) is 52.1 Å². The van der Waals surface area contributed by atoms with E-state index in [9.17, 15) is 0 Å². The van der Waals surface area contributed by atoms with Crippen molar-refractivity contribution in [2.75, 3.05) is 12.4 Å². The van der Waals surface area contributed by atoms with Crippen LogP contribution in [0.3, 0.4) is 0 Å². The van der Waals surface area contributed by atoms with Crippen molar-refractivity contribution < 1.29 is 0 Å². The van der Waals surface area contributed by atoms with Crippen molar-refractivity contribution in [2.45, 2.75) is 25.3 Å². The van der Waals surface area contributed by atoms with Gasteiger partial charge in [-0.3, -0.25) is 10.4 Å². The molecule has 1 aromatic carbocycles. The molecule has 148 valence electrons. The SMILES string of the molecule is CN=CC=C(N)c1ccc(CNc2ncnc3c2SC(=N)/C3=C(/C)C(C)=N)cc1. The quantitative estimate of drug-likeness (QED) is 0.541. The van der Waals surface area contributed by atoms with E-state index >= 15 is 0 Å². The Balaban J connectivity index is 1.79. The minimum Gasteiger partial charge on any atom is -0.398 e. The average molecular weight is 406 g/mol. The van der Waals surface area contributed by atoms with Crippen LogP contribution in [-0.2, 0) is 6.54 Å². The molecule has 5 N–H and O–H groups in total. The van der Waals surface area contributed by atoms with Crippen LogP contribution in [0.5, 0.6) is 0 Å². The summed E-state index contributed by atoms with van der Waals surface area (Å²) in [6, 6.07) is 7.96. The van der Waals surface area contributed by atoms with Crippen molar-refractivity contribution in [3.8, 4) is 0 Å². The van der Waals surface area contributed by atoms with Gasteiger partial charge in [-0.25, -0.2) is 9.97 Å². The van der Waals surface area contributed by atoms with E-state index in [2.05, 4.69) is 20.3 Å². The second-order valence-electron chi connectivity index (χ2n) is 6.54. The highest BCUT2D eigenvalue weighted by Crippen LogP contribution is 2.44. The summed E-state index contributed by atoms with van der Waals surface area (Å²) in [6.07, 6.45) is 4.93. The molecule has 0 unspecified atom stereocenters. The molecule has 0 saturated heterocycles. The minimum absolute atomic E-state index is 0.398. The van der Waals surface area contributed by atoms with Gasteiger partial charge >= 0.3 is 0 Å². The molecule has 7 nitrogen and oxygen atoms in total. The van der Waals surface area contributed by atoms with Gasteiger partial charge in [0.2, 0.25) is 0 Å². The molecule has 0 aliphatic carbocycles. The van der Waals surface area contributed by atoms with Crippen LogP contribution < -0.4 is 11.1 Å². The van der Waals surface area contributed by atoms with Gasteiger partial charge in [0.15, 0.2) is 0 Å². The fourth-order valence-corrected chi connectivity index (χ4v) is 3.85. The molecule has 3 rings (SSSR count). The molecule has 2 aromatic rings. The van der Waals surface area contributed by atoms with E-state index in [4.69, 9.17) is 16.6 Å². The van der Waals surface area contributed by atoms with E-state index in [1.54, 1.807) is 26.3 Å². The number of hydrogen-bond acceptors (Lipinski definition) is 8. The molecule has 1 aliphatic heterocycles. The summed E-state index contributed by atoms with van der Waals surface area (Å²) in [5.41, 5.74) is 11.3. The molecule has 1 aliphatic rings. The largest absolute Gasteiger partial charge is 0.398 e. The van der Waals surface area contributed by atoms with Crippen LogP contribution >= 0.6 is 11.8 Å². The van der Waals surface area contributed by atoms with Gasteiger partial charge in [-0.1, -0.05) is 36.0 Å². The van der Waals surface area contributed by atoms with E-state index in [1.807, 2.05) is 31.2 Å². The lowest BCUT2D eigenvalue weighted by Crippen LogP contribution is -2.05. The Morgan fingerprint density at radius 3 is 2.62 bits per heavy atom. The molecule has 8 heteroatoms. The maximum Gasteiger partial charge on any atom is 0.144 e. The van der Waals surface area contributed by atoms with Crippen LogP contribution in [0.4, 0.5) is 5.82 Å². The van der Waals surface area contributed by atoms with E-state index < -0.39 is 0 Å². The number of nitrogens with two attached hydrogens (primary N) is 1. The van der Waals surface area contributed by atoms with Crippen LogP contribution in [0.1, 0.15) is 30.7 Å². The third kappa shape index (κ3) is 4.43. The summed E-state index contributed by atoms with van der Waals surface area (Å²) >= 11 is 1.33. The molecule has 29 heavy (non-hydrogen) atoms. The summed E-state index contributed by atoms with van der Waals surface area (Å²) in [7, 11) is 1.70. The number of nitrogens with one attached hydrogen (secondary N) is 3. The Labute approximate surface area is 174 Å². The molecular formula is C21H23N7S. The highest BCUT2D eigenvalue weighted by atomic mass is 32.2. The number of nitrogens with zero attached hydrogens (tertiary/aromatic N) is 3. The molecule has 2 heterocycles. The number of fused-ring (bicyclic) bond motifs is 1. The van der Waals surface area contributed by atoms with Gasteiger partial charge < -0.3 is 16.5 Å². The van der Waals surface area contributed by atoms with Crippen molar-refractivity contribution in [3.63, 3.8) is 0 Å². The topological polar surface area (TPSA) is 124 Å². The number of hydrogen-bond donors (Lipinski definition) is 4. The van der Waals surface area contributed by atoms with Gasteiger partial charge in [-0.05, 0) is 36.6 Å². The van der Waals surface area contributed by atoms with Gasteiger partial charge in [0.1, 0.15) is 17.2 Å². The number of anilines is 1. The van der Waals surface area contributed by atoms with Gasteiger partial charge in [-0.15, -0.1) is 0 Å². The van der Waals surface area contributed by atoms with E-state index in [1.165, 1.54) is 18.1 Å². The Kier molecular flexibility index (Phi) is 6.23. The second kappa shape index (κ2) is 8.83. The monoisotopic (exact) mass is 405 g/mol. The molecule has 1 aromatic heterocycles. The van der Waals surface area contributed by atoms with Crippen molar-refractivity contribution in [2.24, 2.45) is 10.7 Å². The maximum absolute atomic E-state index is 8.31. The minimum atomic E-state index is 0.398. The summed E-state index contributed by atoms with van der Waals surface area (Å²) in [6.45, 7) is 4.16. The Bertz CT molecular complexity index is 1050. The van der Waals surface area contributed by atoms with Crippen molar-refractivity contribution >= 4 is 45.8 Å². The lowest BCUT2D eigenvalue weighted by atomic mass is 10.0. The zero-order valence-corrected chi connectivity index (χ0v) is 17.4. The molecule has 0 amide bonds. The third-order valence-electron chi connectivity index (χ3n) is 4.56. The number of aromatic nitrogens is 2. The molecule has 0 atom stereocenters.